The van der Waals surface area contributed by atoms with Crippen molar-refractivity contribution >= 4 is 5.91 Å². The lowest BCUT2D eigenvalue weighted by atomic mass is 9.96. The summed E-state index contributed by atoms with van der Waals surface area (Å²) >= 11 is 0. The van der Waals surface area contributed by atoms with Gasteiger partial charge in [0.25, 0.3) is 0 Å². The van der Waals surface area contributed by atoms with Gasteiger partial charge in [0.1, 0.15) is 48.8 Å². The summed E-state index contributed by atoms with van der Waals surface area (Å²) in [5, 5.41) is 70.7. The van der Waals surface area contributed by atoms with Gasteiger partial charge in [0.15, 0.2) is 12.6 Å². The molecule has 2 heterocycles. The predicted molar refractivity (Wildman–Crippen MR) is 80.2 cm³/mol. The fraction of sp³-hybridized carbons (Fsp3) is 0.929. The summed E-state index contributed by atoms with van der Waals surface area (Å²) in [5.74, 6) is -0.581. The second-order valence-electron chi connectivity index (χ2n) is 6.26. The first-order chi connectivity index (χ1) is 12.2. The standard InChI is InChI=1S/C14H25NO11/c1-4(18)15-7-10(21)8(19)6(3-17)25-14(7)26-12-11(22)9(20)5(2-16)24-13(12)23/h5-14,16-17,19-23H,2-3H2,1H3,(H,15,18)/t5?,6?,7?,8-,9-,10?,11?,12?,13+,14+/m1/s1. The number of nitrogens with one attached hydrogen (secondary N) is 1. The highest BCUT2D eigenvalue weighted by Crippen LogP contribution is 2.28. The van der Waals surface area contributed by atoms with E-state index in [4.69, 9.17) is 19.3 Å². The lowest BCUT2D eigenvalue weighted by Crippen LogP contribution is -2.67. The SMILES string of the molecule is CC(=O)NC1C(O)[C@H](O)C(CO)O[C@H]1OC1C(O)[C@H](O)C(CO)O[C@@H]1O. The van der Waals surface area contributed by atoms with Crippen molar-refractivity contribution in [3.63, 3.8) is 0 Å². The molecular formula is C14H25NO11. The van der Waals surface area contributed by atoms with E-state index >= 15 is 0 Å². The van der Waals surface area contributed by atoms with E-state index in [0.717, 1.165) is 6.92 Å². The van der Waals surface area contributed by atoms with E-state index in [9.17, 15) is 35.4 Å². The van der Waals surface area contributed by atoms with Crippen LogP contribution in [0, 0.1) is 0 Å². The minimum atomic E-state index is -1.76. The third-order valence-corrected chi connectivity index (χ3v) is 4.38. The van der Waals surface area contributed by atoms with Gasteiger partial charge in [-0.2, -0.15) is 0 Å². The highest BCUT2D eigenvalue weighted by Gasteiger charge is 2.50. The van der Waals surface area contributed by atoms with Crippen molar-refractivity contribution in [3.8, 4) is 0 Å². The lowest BCUT2D eigenvalue weighted by Gasteiger charge is -2.46. The quantitative estimate of drug-likeness (QED) is 0.226. The number of hydrogen-bond donors (Lipinski definition) is 8. The van der Waals surface area contributed by atoms with Crippen LogP contribution in [0.2, 0.25) is 0 Å². The van der Waals surface area contributed by atoms with Crippen LogP contribution in [0.3, 0.4) is 0 Å². The second-order valence-corrected chi connectivity index (χ2v) is 6.26. The van der Waals surface area contributed by atoms with Crippen LogP contribution in [0.4, 0.5) is 0 Å². The maximum Gasteiger partial charge on any atom is 0.217 e. The molecule has 0 aromatic rings. The number of ether oxygens (including phenoxy) is 3. The predicted octanol–water partition coefficient (Wildman–Crippen LogP) is -5.25. The van der Waals surface area contributed by atoms with Crippen molar-refractivity contribution in [1.82, 2.24) is 5.32 Å². The molecule has 6 unspecified atom stereocenters. The molecule has 0 radical (unpaired) electrons. The third kappa shape index (κ3) is 4.31. The number of aliphatic hydroxyl groups excluding tert-OH is 7. The Morgan fingerprint density at radius 3 is 2.00 bits per heavy atom. The van der Waals surface area contributed by atoms with E-state index < -0.39 is 80.5 Å². The van der Waals surface area contributed by atoms with Crippen LogP contribution in [0.25, 0.3) is 0 Å². The Morgan fingerprint density at radius 1 is 0.923 bits per heavy atom. The van der Waals surface area contributed by atoms with Crippen LogP contribution in [0.5, 0.6) is 0 Å². The summed E-state index contributed by atoms with van der Waals surface area (Å²) in [6.45, 7) is -0.183. The van der Waals surface area contributed by atoms with Crippen molar-refractivity contribution in [2.24, 2.45) is 0 Å². The first kappa shape index (κ1) is 21.4. The van der Waals surface area contributed by atoms with Crippen molar-refractivity contribution in [3.05, 3.63) is 0 Å². The fourth-order valence-electron chi connectivity index (χ4n) is 2.96. The van der Waals surface area contributed by atoms with E-state index in [0.29, 0.717) is 0 Å². The van der Waals surface area contributed by atoms with Crippen LogP contribution < -0.4 is 5.32 Å². The molecule has 26 heavy (non-hydrogen) atoms. The van der Waals surface area contributed by atoms with Gasteiger partial charge in [-0.15, -0.1) is 0 Å². The normalized spacial score (nSPS) is 46.8. The molecule has 0 bridgehead atoms. The van der Waals surface area contributed by atoms with Gasteiger partial charge in [-0.1, -0.05) is 0 Å². The van der Waals surface area contributed by atoms with E-state index in [1.165, 1.54) is 0 Å². The molecule has 0 aromatic heterocycles. The lowest BCUT2D eigenvalue weighted by molar-refractivity contribution is -0.348. The van der Waals surface area contributed by atoms with Crippen molar-refractivity contribution in [2.75, 3.05) is 13.2 Å². The molecule has 0 aromatic carbocycles. The number of aliphatic hydroxyl groups is 7. The smallest absolute Gasteiger partial charge is 0.217 e. The summed E-state index contributed by atoms with van der Waals surface area (Å²) in [6.07, 6.45) is -13.7. The Hall–Kier alpha value is -0.930. The molecular weight excluding hydrogens is 358 g/mol. The van der Waals surface area contributed by atoms with E-state index in [1.54, 1.807) is 0 Å². The monoisotopic (exact) mass is 383 g/mol. The van der Waals surface area contributed by atoms with Crippen LogP contribution in [-0.4, -0.2) is 116 Å². The van der Waals surface area contributed by atoms with Gasteiger partial charge < -0.3 is 55.3 Å². The molecule has 0 spiro atoms. The Bertz CT molecular complexity index is 480. The molecule has 8 N–H and O–H groups in total. The Kier molecular flexibility index (Phi) is 7.27. The zero-order valence-electron chi connectivity index (χ0n) is 14.0. The minimum Gasteiger partial charge on any atom is -0.394 e. The zero-order valence-corrected chi connectivity index (χ0v) is 14.0. The van der Waals surface area contributed by atoms with E-state index in [1.807, 2.05) is 0 Å². The molecule has 10 atom stereocenters. The van der Waals surface area contributed by atoms with Gasteiger partial charge in [0.2, 0.25) is 5.91 Å². The number of hydrogen-bond acceptors (Lipinski definition) is 11. The number of rotatable bonds is 5. The van der Waals surface area contributed by atoms with Crippen LogP contribution in [0.15, 0.2) is 0 Å². The number of carbonyl (C=O) groups is 1. The summed E-state index contributed by atoms with van der Waals surface area (Å²) < 4.78 is 15.7. The maximum atomic E-state index is 11.4. The van der Waals surface area contributed by atoms with Gasteiger partial charge in [0.05, 0.1) is 13.2 Å². The average Bonchev–Trinajstić information content (AvgIpc) is 2.60. The zero-order chi connectivity index (χ0) is 19.6. The van der Waals surface area contributed by atoms with Gasteiger partial charge in [-0.25, -0.2) is 0 Å². The molecule has 0 saturated carbocycles. The molecule has 2 rings (SSSR count). The van der Waals surface area contributed by atoms with E-state index in [-0.39, 0.29) is 0 Å². The minimum absolute atomic E-state index is 0.581. The summed E-state index contributed by atoms with van der Waals surface area (Å²) in [7, 11) is 0. The van der Waals surface area contributed by atoms with E-state index in [2.05, 4.69) is 5.32 Å². The van der Waals surface area contributed by atoms with Crippen LogP contribution in [0.1, 0.15) is 6.92 Å². The van der Waals surface area contributed by atoms with Crippen molar-refractivity contribution < 1.29 is 54.8 Å². The molecule has 1 amide bonds. The summed E-state index contributed by atoms with van der Waals surface area (Å²) in [6, 6.07) is -1.29. The second kappa shape index (κ2) is 8.84. The average molecular weight is 383 g/mol. The molecule has 152 valence electrons. The largest absolute Gasteiger partial charge is 0.394 e. The molecule has 12 heteroatoms. The Balaban J connectivity index is 2.18. The van der Waals surface area contributed by atoms with Gasteiger partial charge in [-0.3, -0.25) is 4.79 Å². The van der Waals surface area contributed by atoms with Gasteiger partial charge >= 0.3 is 0 Å². The topological polar surface area (TPSA) is 198 Å². The molecule has 2 aliphatic heterocycles. The summed E-state index contributed by atoms with van der Waals surface area (Å²) in [5.41, 5.74) is 0. The molecule has 2 aliphatic rings. The molecule has 2 fully saturated rings. The highest BCUT2D eigenvalue weighted by atomic mass is 16.7. The summed E-state index contributed by atoms with van der Waals surface area (Å²) in [4.78, 5) is 11.4. The van der Waals surface area contributed by atoms with Crippen molar-refractivity contribution in [1.29, 1.82) is 0 Å². The Morgan fingerprint density at radius 2 is 1.46 bits per heavy atom. The number of amides is 1. The maximum absolute atomic E-state index is 11.4. The van der Waals surface area contributed by atoms with Crippen molar-refractivity contribution in [2.45, 2.75) is 68.3 Å². The first-order valence-corrected chi connectivity index (χ1v) is 8.06. The van der Waals surface area contributed by atoms with Gasteiger partial charge in [0, 0.05) is 6.92 Å². The number of carbonyl (C=O) groups excluding carboxylic acids is 1. The highest BCUT2D eigenvalue weighted by molar-refractivity contribution is 5.73. The first-order valence-electron chi connectivity index (χ1n) is 8.06. The molecule has 12 nitrogen and oxygen atoms in total. The third-order valence-electron chi connectivity index (χ3n) is 4.38. The van der Waals surface area contributed by atoms with Crippen LogP contribution in [-0.2, 0) is 19.0 Å². The fourth-order valence-corrected chi connectivity index (χ4v) is 2.96. The molecule has 0 aliphatic carbocycles. The van der Waals surface area contributed by atoms with Crippen LogP contribution >= 0.6 is 0 Å². The molecule has 2 saturated heterocycles. The Labute approximate surface area is 148 Å². The van der Waals surface area contributed by atoms with Gasteiger partial charge in [-0.05, 0) is 0 Å².